The van der Waals surface area contributed by atoms with E-state index in [2.05, 4.69) is 0 Å². The molecule has 0 aromatic heterocycles. The van der Waals surface area contributed by atoms with Crippen molar-refractivity contribution < 1.29 is 23.6 Å². The van der Waals surface area contributed by atoms with Crippen molar-refractivity contribution in [3.63, 3.8) is 0 Å². The number of halogens is 1. The number of nitro benzene ring substituents is 1. The maximum Gasteiger partial charge on any atom is 0.335 e. The zero-order valence-electron chi connectivity index (χ0n) is 17.5. The summed E-state index contributed by atoms with van der Waals surface area (Å²) in [6.45, 7) is 1.75. The fourth-order valence-electron chi connectivity index (χ4n) is 4.47. The average molecular weight is 447 g/mol. The summed E-state index contributed by atoms with van der Waals surface area (Å²) >= 11 is 0. The summed E-state index contributed by atoms with van der Waals surface area (Å²) in [6, 6.07) is 16.4. The third-order valence-electron chi connectivity index (χ3n) is 5.99. The summed E-state index contributed by atoms with van der Waals surface area (Å²) in [7, 11) is 0. The Morgan fingerprint density at radius 3 is 2.42 bits per heavy atom. The molecular formula is C24H18FN3O5. The summed E-state index contributed by atoms with van der Waals surface area (Å²) in [5.41, 5.74) is -0.0604. The van der Waals surface area contributed by atoms with Crippen LogP contribution in [0, 0.1) is 15.9 Å². The van der Waals surface area contributed by atoms with Crippen molar-refractivity contribution in [1.82, 2.24) is 4.90 Å². The maximum absolute atomic E-state index is 13.8. The lowest BCUT2D eigenvalue weighted by molar-refractivity contribution is -0.384. The van der Waals surface area contributed by atoms with Gasteiger partial charge in [0.2, 0.25) is 0 Å². The fraction of sp³-hybridized carbons (Fsp3) is 0.167. The van der Waals surface area contributed by atoms with Crippen LogP contribution in [0.5, 0.6) is 5.75 Å². The van der Waals surface area contributed by atoms with Crippen LogP contribution in [0.25, 0.3) is 0 Å². The smallest absolute Gasteiger partial charge is 0.335 e. The molecule has 2 atom stereocenters. The van der Waals surface area contributed by atoms with Crippen molar-refractivity contribution in [2.45, 2.75) is 25.1 Å². The molecule has 2 heterocycles. The summed E-state index contributed by atoms with van der Waals surface area (Å²) in [4.78, 5) is 40.2. The molecule has 0 aliphatic carbocycles. The van der Waals surface area contributed by atoms with Gasteiger partial charge >= 0.3 is 6.03 Å². The van der Waals surface area contributed by atoms with Crippen LogP contribution < -0.4 is 9.64 Å². The van der Waals surface area contributed by atoms with Crippen LogP contribution in [0.3, 0.4) is 0 Å². The zero-order valence-corrected chi connectivity index (χ0v) is 17.5. The molecule has 33 heavy (non-hydrogen) atoms. The summed E-state index contributed by atoms with van der Waals surface area (Å²) in [6.07, 6.45) is 0.284. The van der Waals surface area contributed by atoms with Gasteiger partial charge in [-0.3, -0.25) is 24.7 Å². The van der Waals surface area contributed by atoms with Crippen LogP contribution in [-0.4, -0.2) is 27.5 Å². The van der Waals surface area contributed by atoms with Gasteiger partial charge in [0, 0.05) is 35.4 Å². The number of imide groups is 1. The Labute approximate surface area is 187 Å². The number of carbonyl (C=O) groups is 2. The Hall–Kier alpha value is -4.27. The zero-order chi connectivity index (χ0) is 23.3. The number of ether oxygens (including phenoxy) is 1. The van der Waals surface area contributed by atoms with Gasteiger partial charge in [-0.1, -0.05) is 18.2 Å². The number of anilines is 1. The number of fused-ring (bicyclic) bond motifs is 4. The summed E-state index contributed by atoms with van der Waals surface area (Å²) < 4.78 is 19.8. The number of amides is 3. The Bertz CT molecular complexity index is 1280. The summed E-state index contributed by atoms with van der Waals surface area (Å²) in [5, 5.41) is 11.0. The van der Waals surface area contributed by atoms with Crippen LogP contribution in [0.1, 0.15) is 35.3 Å². The van der Waals surface area contributed by atoms with Crippen LogP contribution in [0.4, 0.5) is 20.6 Å². The molecule has 3 amide bonds. The SMILES string of the molecule is CC12CC(c3ccccc3O1)N(C(=O)c1ccc([N+](=O)[O-])cc1)C(=O)N2c1ccc(F)cc1. The number of nitrogens with zero attached hydrogens (tertiary/aromatic N) is 3. The van der Waals surface area contributed by atoms with Gasteiger partial charge in [0.05, 0.1) is 11.0 Å². The molecule has 2 unspecified atom stereocenters. The minimum absolute atomic E-state index is 0.139. The molecule has 1 fully saturated rings. The first kappa shape index (κ1) is 20.6. The highest BCUT2D eigenvalue weighted by Crippen LogP contribution is 2.49. The van der Waals surface area contributed by atoms with Crippen molar-refractivity contribution in [2.24, 2.45) is 0 Å². The molecular weight excluding hydrogens is 429 g/mol. The van der Waals surface area contributed by atoms with Gasteiger partial charge in [-0.25, -0.2) is 9.18 Å². The van der Waals surface area contributed by atoms with Crippen LogP contribution in [-0.2, 0) is 0 Å². The van der Waals surface area contributed by atoms with Gasteiger partial charge in [0.1, 0.15) is 11.6 Å². The number of hydrogen-bond donors (Lipinski definition) is 0. The van der Waals surface area contributed by atoms with Crippen molar-refractivity contribution in [3.05, 3.63) is 99.9 Å². The van der Waals surface area contributed by atoms with E-state index in [1.54, 1.807) is 31.2 Å². The third kappa shape index (κ3) is 3.29. The van der Waals surface area contributed by atoms with E-state index >= 15 is 0 Å². The van der Waals surface area contributed by atoms with Crippen LogP contribution in [0.15, 0.2) is 72.8 Å². The molecule has 0 radical (unpaired) electrons. The second-order valence-corrected chi connectivity index (χ2v) is 8.11. The van der Waals surface area contributed by atoms with Gasteiger partial charge in [-0.2, -0.15) is 0 Å². The van der Waals surface area contributed by atoms with Gasteiger partial charge in [-0.15, -0.1) is 0 Å². The predicted molar refractivity (Wildman–Crippen MR) is 116 cm³/mol. The number of rotatable bonds is 3. The van der Waals surface area contributed by atoms with E-state index in [0.717, 1.165) is 4.90 Å². The lowest BCUT2D eigenvalue weighted by atomic mass is 9.88. The third-order valence-corrected chi connectivity index (χ3v) is 5.99. The van der Waals surface area contributed by atoms with Crippen molar-refractivity contribution >= 4 is 23.3 Å². The molecule has 2 aliphatic heterocycles. The van der Waals surface area contributed by atoms with Crippen molar-refractivity contribution in [1.29, 1.82) is 0 Å². The first-order valence-corrected chi connectivity index (χ1v) is 10.2. The number of non-ortho nitro benzene ring substituents is 1. The molecule has 166 valence electrons. The highest BCUT2D eigenvalue weighted by molar-refractivity contribution is 6.10. The van der Waals surface area contributed by atoms with Crippen molar-refractivity contribution in [2.75, 3.05) is 4.90 Å². The number of para-hydroxylation sites is 1. The first-order chi connectivity index (χ1) is 15.8. The predicted octanol–water partition coefficient (Wildman–Crippen LogP) is 5.06. The number of urea groups is 1. The summed E-state index contributed by atoms with van der Waals surface area (Å²) in [5.74, 6) is -0.511. The highest BCUT2D eigenvalue weighted by atomic mass is 19.1. The molecule has 2 aliphatic rings. The van der Waals surface area contributed by atoms with Gasteiger partial charge in [-0.05, 0) is 49.4 Å². The molecule has 2 bridgehead atoms. The second-order valence-electron chi connectivity index (χ2n) is 8.11. The van der Waals surface area contributed by atoms with E-state index < -0.39 is 34.4 Å². The number of benzene rings is 3. The Kier molecular flexibility index (Phi) is 4.63. The lowest BCUT2D eigenvalue weighted by Gasteiger charge is -2.53. The molecule has 1 saturated heterocycles. The largest absolute Gasteiger partial charge is 0.467 e. The number of carbonyl (C=O) groups excluding carboxylic acids is 2. The topological polar surface area (TPSA) is 93.0 Å². The minimum atomic E-state index is -1.11. The molecule has 3 aromatic carbocycles. The lowest BCUT2D eigenvalue weighted by Crippen LogP contribution is -2.67. The second kappa shape index (κ2) is 7.40. The van der Waals surface area contributed by atoms with Gasteiger partial charge in [0.15, 0.2) is 5.72 Å². The van der Waals surface area contributed by atoms with Gasteiger partial charge in [0.25, 0.3) is 11.6 Å². The van der Waals surface area contributed by atoms with E-state index in [1.165, 1.54) is 53.4 Å². The Morgan fingerprint density at radius 1 is 1.09 bits per heavy atom. The van der Waals surface area contributed by atoms with Crippen LogP contribution >= 0.6 is 0 Å². The Morgan fingerprint density at radius 2 is 1.76 bits per heavy atom. The average Bonchev–Trinajstić information content (AvgIpc) is 2.80. The van der Waals surface area contributed by atoms with Crippen molar-refractivity contribution in [3.8, 4) is 5.75 Å². The molecule has 0 saturated carbocycles. The minimum Gasteiger partial charge on any atom is -0.467 e. The standard InChI is InChI=1S/C24H18FN3O5/c1-24-14-20(19-4-2-3-5-21(19)33-24)26(22(29)15-6-10-18(11-7-15)28(31)32)23(30)27(24)17-12-8-16(25)9-13-17/h2-13,20H,14H2,1H3. The van der Waals surface area contributed by atoms with E-state index in [1.807, 2.05) is 0 Å². The molecule has 9 heteroatoms. The van der Waals surface area contributed by atoms with E-state index in [4.69, 9.17) is 4.74 Å². The molecule has 0 N–H and O–H groups in total. The molecule has 8 nitrogen and oxygen atoms in total. The highest BCUT2D eigenvalue weighted by Gasteiger charge is 2.55. The van der Waals surface area contributed by atoms with E-state index in [9.17, 15) is 24.1 Å². The first-order valence-electron chi connectivity index (χ1n) is 10.2. The number of hydrogen-bond acceptors (Lipinski definition) is 5. The quantitative estimate of drug-likeness (QED) is 0.413. The van der Waals surface area contributed by atoms with E-state index in [-0.39, 0.29) is 17.7 Å². The normalized spacial score (nSPS) is 21.3. The molecule has 0 spiro atoms. The maximum atomic E-state index is 13.8. The Balaban J connectivity index is 1.63. The monoisotopic (exact) mass is 447 g/mol. The van der Waals surface area contributed by atoms with E-state index in [0.29, 0.717) is 17.0 Å². The number of nitro groups is 1. The fourth-order valence-corrected chi connectivity index (χ4v) is 4.47. The molecule has 5 rings (SSSR count). The van der Waals surface area contributed by atoms with Crippen LogP contribution in [0.2, 0.25) is 0 Å². The van der Waals surface area contributed by atoms with Gasteiger partial charge < -0.3 is 4.74 Å². The molecule has 3 aromatic rings.